The predicted octanol–water partition coefficient (Wildman–Crippen LogP) is 1.97. The summed E-state index contributed by atoms with van der Waals surface area (Å²) < 4.78 is 0. The first kappa shape index (κ1) is 12.9. The highest BCUT2D eigenvalue weighted by Crippen LogP contribution is 2.30. The molecule has 18 heavy (non-hydrogen) atoms. The van der Waals surface area contributed by atoms with Crippen molar-refractivity contribution in [3.05, 3.63) is 22.2 Å². The largest absolute Gasteiger partial charge is 0.373 e. The van der Waals surface area contributed by atoms with E-state index in [1.807, 2.05) is 16.7 Å². The fourth-order valence-corrected chi connectivity index (χ4v) is 2.98. The number of nitrogens with zero attached hydrogens (tertiary/aromatic N) is 3. The molecule has 0 spiro atoms. The number of nitrogens with one attached hydrogen (secondary N) is 1. The predicted molar refractivity (Wildman–Crippen MR) is 74.6 cm³/mol. The van der Waals surface area contributed by atoms with Crippen LogP contribution in [0.25, 0.3) is 0 Å². The molecule has 98 valence electrons. The van der Waals surface area contributed by atoms with Gasteiger partial charge < -0.3 is 10.2 Å². The van der Waals surface area contributed by atoms with Gasteiger partial charge in [-0.2, -0.15) is 11.8 Å². The van der Waals surface area contributed by atoms with Gasteiger partial charge in [0.05, 0.1) is 4.92 Å². The molecule has 1 aliphatic rings. The highest BCUT2D eigenvalue weighted by atomic mass is 32.2. The Bertz CT molecular complexity index is 455. The third-order valence-electron chi connectivity index (χ3n) is 2.85. The number of aromatic nitrogens is 1. The molecule has 0 aromatic carbocycles. The Morgan fingerprint density at radius 3 is 3.00 bits per heavy atom. The summed E-state index contributed by atoms with van der Waals surface area (Å²) in [5.41, 5.74) is 0.0769. The van der Waals surface area contributed by atoms with Crippen LogP contribution in [0.2, 0.25) is 0 Å². The van der Waals surface area contributed by atoms with Crippen LogP contribution >= 0.6 is 11.8 Å². The molecule has 1 unspecified atom stereocenters. The van der Waals surface area contributed by atoms with Gasteiger partial charge in [0.2, 0.25) is 5.82 Å². The van der Waals surface area contributed by atoms with E-state index in [0.717, 1.165) is 18.8 Å². The second-order valence-electron chi connectivity index (χ2n) is 4.17. The molecule has 1 aromatic heterocycles. The molecule has 1 aliphatic heterocycles. The molecule has 7 heteroatoms. The van der Waals surface area contributed by atoms with Crippen LogP contribution in [-0.2, 0) is 0 Å². The second kappa shape index (κ2) is 5.43. The molecule has 0 amide bonds. The average molecular weight is 268 g/mol. The minimum atomic E-state index is -0.367. The van der Waals surface area contributed by atoms with Crippen molar-refractivity contribution in [1.82, 2.24) is 4.98 Å². The summed E-state index contributed by atoms with van der Waals surface area (Å²) in [7, 11) is 1.76. The molecule has 1 atom stereocenters. The Morgan fingerprint density at radius 1 is 1.61 bits per heavy atom. The number of thioether (sulfide) groups is 1. The zero-order valence-corrected chi connectivity index (χ0v) is 11.2. The van der Waals surface area contributed by atoms with Gasteiger partial charge in [-0.1, -0.05) is 6.92 Å². The van der Waals surface area contributed by atoms with Crippen LogP contribution in [0.1, 0.15) is 6.92 Å². The van der Waals surface area contributed by atoms with E-state index in [0.29, 0.717) is 16.9 Å². The highest BCUT2D eigenvalue weighted by molar-refractivity contribution is 8.00. The van der Waals surface area contributed by atoms with Crippen molar-refractivity contribution in [3.63, 3.8) is 0 Å². The number of rotatable bonds is 3. The molecule has 2 heterocycles. The van der Waals surface area contributed by atoms with Crippen molar-refractivity contribution < 1.29 is 4.92 Å². The third kappa shape index (κ3) is 2.66. The van der Waals surface area contributed by atoms with Gasteiger partial charge in [0.15, 0.2) is 0 Å². The van der Waals surface area contributed by atoms with Crippen LogP contribution in [0.15, 0.2) is 12.1 Å². The van der Waals surface area contributed by atoms with E-state index >= 15 is 0 Å². The van der Waals surface area contributed by atoms with Gasteiger partial charge in [0.1, 0.15) is 5.82 Å². The fraction of sp³-hybridized carbons (Fsp3) is 0.545. The summed E-state index contributed by atoms with van der Waals surface area (Å²) in [6, 6.07) is 3.14. The highest BCUT2D eigenvalue weighted by Gasteiger charge is 2.25. The summed E-state index contributed by atoms with van der Waals surface area (Å²) in [5.74, 6) is 2.10. The molecule has 0 saturated carbocycles. The minimum Gasteiger partial charge on any atom is -0.373 e. The Balaban J connectivity index is 2.36. The maximum absolute atomic E-state index is 11.1. The lowest BCUT2D eigenvalue weighted by Gasteiger charge is -2.31. The quantitative estimate of drug-likeness (QED) is 0.667. The van der Waals surface area contributed by atoms with Crippen LogP contribution < -0.4 is 10.2 Å². The van der Waals surface area contributed by atoms with Crippen LogP contribution in [-0.4, -0.2) is 41.0 Å². The van der Waals surface area contributed by atoms with Gasteiger partial charge >= 0.3 is 5.69 Å². The monoisotopic (exact) mass is 268 g/mol. The molecule has 2 rings (SSSR count). The first-order valence-corrected chi connectivity index (χ1v) is 6.86. The Morgan fingerprint density at radius 2 is 2.39 bits per heavy atom. The van der Waals surface area contributed by atoms with Crippen molar-refractivity contribution in [2.75, 3.05) is 36.1 Å². The lowest BCUT2D eigenvalue weighted by atomic mass is 10.3. The molecule has 6 nitrogen and oxygen atoms in total. The molecule has 1 fully saturated rings. The van der Waals surface area contributed by atoms with E-state index in [-0.39, 0.29) is 10.6 Å². The molecule has 1 aromatic rings. The van der Waals surface area contributed by atoms with Crippen molar-refractivity contribution >= 4 is 29.1 Å². The van der Waals surface area contributed by atoms with Gasteiger partial charge in [-0.3, -0.25) is 10.1 Å². The average Bonchev–Trinajstić information content (AvgIpc) is 2.38. The molecule has 0 radical (unpaired) electrons. The summed E-state index contributed by atoms with van der Waals surface area (Å²) in [5, 5.41) is 14.4. The molecular formula is C11H16N4O2S. The van der Waals surface area contributed by atoms with E-state index in [2.05, 4.69) is 17.2 Å². The first-order valence-electron chi connectivity index (χ1n) is 5.81. The zero-order valence-electron chi connectivity index (χ0n) is 10.4. The van der Waals surface area contributed by atoms with Gasteiger partial charge in [-0.15, -0.1) is 0 Å². The smallest absolute Gasteiger partial charge is 0.311 e. The summed E-state index contributed by atoms with van der Waals surface area (Å²) in [6.07, 6.45) is 0. The van der Waals surface area contributed by atoms with Crippen LogP contribution in [0.4, 0.5) is 17.3 Å². The molecular weight excluding hydrogens is 252 g/mol. The summed E-state index contributed by atoms with van der Waals surface area (Å²) in [6.45, 7) is 3.73. The Hall–Kier alpha value is -1.50. The van der Waals surface area contributed by atoms with Crippen LogP contribution in [0.5, 0.6) is 0 Å². The van der Waals surface area contributed by atoms with Gasteiger partial charge in [0, 0.05) is 37.2 Å². The van der Waals surface area contributed by atoms with Crippen LogP contribution in [0.3, 0.4) is 0 Å². The van der Waals surface area contributed by atoms with E-state index in [1.54, 1.807) is 13.1 Å². The summed E-state index contributed by atoms with van der Waals surface area (Å²) in [4.78, 5) is 17.0. The van der Waals surface area contributed by atoms with Crippen molar-refractivity contribution in [2.45, 2.75) is 12.2 Å². The standard InChI is InChI=1S/C11H16N4O2S/c1-8-7-14(5-6-18-8)11-9(15(16)17)3-4-10(12-2)13-11/h3-4,8H,5-7H2,1-2H3,(H,12,13). The Kier molecular flexibility index (Phi) is 3.90. The van der Waals surface area contributed by atoms with Crippen molar-refractivity contribution in [2.24, 2.45) is 0 Å². The normalized spacial score (nSPS) is 19.7. The van der Waals surface area contributed by atoms with Gasteiger partial charge in [-0.25, -0.2) is 4.98 Å². The molecule has 0 bridgehead atoms. The minimum absolute atomic E-state index is 0.0769. The van der Waals surface area contributed by atoms with Crippen LogP contribution in [0, 0.1) is 10.1 Å². The summed E-state index contributed by atoms with van der Waals surface area (Å²) >= 11 is 1.89. The van der Waals surface area contributed by atoms with E-state index in [1.165, 1.54) is 6.07 Å². The topological polar surface area (TPSA) is 71.3 Å². The molecule has 1 saturated heterocycles. The molecule has 0 aliphatic carbocycles. The van der Waals surface area contributed by atoms with E-state index in [9.17, 15) is 10.1 Å². The lowest BCUT2D eigenvalue weighted by molar-refractivity contribution is -0.384. The van der Waals surface area contributed by atoms with Crippen molar-refractivity contribution in [1.29, 1.82) is 0 Å². The fourth-order valence-electron chi connectivity index (χ4n) is 1.97. The first-order chi connectivity index (χ1) is 8.61. The van der Waals surface area contributed by atoms with E-state index in [4.69, 9.17) is 0 Å². The second-order valence-corrected chi connectivity index (χ2v) is 5.72. The maximum Gasteiger partial charge on any atom is 0.311 e. The number of nitro groups is 1. The van der Waals surface area contributed by atoms with Crippen molar-refractivity contribution in [3.8, 4) is 0 Å². The zero-order chi connectivity index (χ0) is 13.1. The van der Waals surface area contributed by atoms with Gasteiger partial charge in [-0.05, 0) is 6.07 Å². The number of hydrogen-bond donors (Lipinski definition) is 1. The third-order valence-corrected chi connectivity index (χ3v) is 3.98. The SMILES string of the molecule is CNc1ccc([N+](=O)[O-])c(N2CCSC(C)C2)n1. The van der Waals surface area contributed by atoms with E-state index < -0.39 is 0 Å². The maximum atomic E-state index is 11.1. The molecule has 1 N–H and O–H groups in total. The number of anilines is 2. The van der Waals surface area contributed by atoms with Gasteiger partial charge in [0.25, 0.3) is 0 Å². The Labute approximate surface area is 110 Å². The number of pyridine rings is 1. The number of hydrogen-bond acceptors (Lipinski definition) is 6. The lowest BCUT2D eigenvalue weighted by Crippen LogP contribution is -2.37.